The Morgan fingerprint density at radius 1 is 0.969 bits per heavy atom. The maximum atomic E-state index is 13.0. The van der Waals surface area contributed by atoms with Crippen molar-refractivity contribution in [2.75, 3.05) is 6.79 Å². The molecule has 6 rings (SSSR count). The molecule has 5 aromatic rings. The predicted molar refractivity (Wildman–Crippen MR) is 118 cm³/mol. The van der Waals surface area contributed by atoms with E-state index in [-0.39, 0.29) is 12.4 Å². The number of hydrogen-bond acceptors (Lipinski definition) is 5. The van der Waals surface area contributed by atoms with E-state index < -0.39 is 5.69 Å². The number of nitrogens with zero attached hydrogens (tertiary/aromatic N) is 5. The normalized spacial score (nSPS) is 12.8. The topological polar surface area (TPSA) is 84.7 Å². The van der Waals surface area contributed by atoms with Crippen molar-refractivity contribution >= 4 is 16.9 Å². The Bertz CT molecular complexity index is 1640. The molecule has 0 radical (unpaired) electrons. The van der Waals surface area contributed by atoms with Gasteiger partial charge >= 0.3 is 5.69 Å². The summed E-state index contributed by atoms with van der Waals surface area (Å²) in [5.41, 5.74) is 2.83. The van der Waals surface area contributed by atoms with E-state index in [0.29, 0.717) is 29.2 Å². The molecule has 0 fully saturated rings. The van der Waals surface area contributed by atoms with Crippen molar-refractivity contribution in [2.45, 2.75) is 6.54 Å². The maximum absolute atomic E-state index is 13.0. The number of fused-ring (bicyclic) bond motifs is 4. The molecule has 0 unspecified atom stereocenters. The van der Waals surface area contributed by atoms with Crippen molar-refractivity contribution in [1.29, 1.82) is 0 Å². The molecule has 4 heterocycles. The first-order valence-electron chi connectivity index (χ1n) is 10.1. The summed E-state index contributed by atoms with van der Waals surface area (Å²) in [6.07, 6.45) is 1.90. The van der Waals surface area contributed by atoms with Crippen LogP contribution in [-0.4, -0.2) is 29.9 Å². The number of aryl methyl sites for hydroxylation is 1. The number of imidazole rings is 2. The van der Waals surface area contributed by atoms with Gasteiger partial charge in [-0.3, -0.25) is 18.3 Å². The summed E-state index contributed by atoms with van der Waals surface area (Å²) in [6, 6.07) is 15.7. The van der Waals surface area contributed by atoms with E-state index in [0.717, 1.165) is 27.1 Å². The van der Waals surface area contributed by atoms with E-state index in [1.807, 2.05) is 59.3 Å². The highest BCUT2D eigenvalue weighted by Gasteiger charge is 2.21. The van der Waals surface area contributed by atoms with Crippen LogP contribution in [0.5, 0.6) is 11.5 Å². The van der Waals surface area contributed by atoms with Crippen LogP contribution < -0.4 is 20.7 Å². The predicted octanol–water partition coefficient (Wildman–Crippen LogP) is 2.13. The molecule has 0 atom stereocenters. The van der Waals surface area contributed by atoms with Crippen LogP contribution in [0.2, 0.25) is 0 Å². The quantitative estimate of drug-likeness (QED) is 0.439. The fourth-order valence-electron chi connectivity index (χ4n) is 4.23. The van der Waals surface area contributed by atoms with E-state index in [4.69, 9.17) is 14.5 Å². The molecule has 9 nitrogen and oxygen atoms in total. The Kier molecular flexibility index (Phi) is 3.82. The Morgan fingerprint density at radius 2 is 1.75 bits per heavy atom. The summed E-state index contributed by atoms with van der Waals surface area (Å²) in [5, 5.41) is 0. The Labute approximate surface area is 181 Å². The van der Waals surface area contributed by atoms with E-state index in [1.165, 1.54) is 11.6 Å². The van der Waals surface area contributed by atoms with E-state index >= 15 is 0 Å². The Hall–Kier alpha value is -4.27. The van der Waals surface area contributed by atoms with Crippen LogP contribution in [-0.2, 0) is 20.6 Å². The Balaban J connectivity index is 1.64. The molecule has 0 saturated heterocycles. The van der Waals surface area contributed by atoms with E-state index in [2.05, 4.69) is 0 Å². The highest BCUT2D eigenvalue weighted by Crippen LogP contribution is 2.33. The number of hydrogen-bond donors (Lipinski definition) is 0. The molecule has 9 heteroatoms. The summed E-state index contributed by atoms with van der Waals surface area (Å²) >= 11 is 0. The zero-order valence-electron chi connectivity index (χ0n) is 17.5. The zero-order chi connectivity index (χ0) is 22.0. The van der Waals surface area contributed by atoms with Gasteiger partial charge in [-0.1, -0.05) is 36.4 Å². The van der Waals surface area contributed by atoms with Crippen LogP contribution in [0.15, 0.2) is 64.3 Å². The second-order valence-corrected chi connectivity index (χ2v) is 7.81. The lowest BCUT2D eigenvalue weighted by Crippen LogP contribution is -2.37. The van der Waals surface area contributed by atoms with Gasteiger partial charge in [0.25, 0.3) is 5.56 Å². The lowest BCUT2D eigenvalue weighted by molar-refractivity contribution is 0.174. The molecule has 0 aliphatic carbocycles. The fourth-order valence-corrected chi connectivity index (χ4v) is 4.23. The number of aromatic nitrogens is 5. The van der Waals surface area contributed by atoms with Gasteiger partial charge < -0.3 is 14.0 Å². The van der Waals surface area contributed by atoms with Crippen molar-refractivity contribution < 1.29 is 9.47 Å². The standard InChI is InChI=1S/C23H19N5O4/c1-25-20-19(21(29)26(2)23(25)30)28-12-16(15-6-4-3-5-7-15)27(22(28)24-20)11-14-8-9-17-18(10-14)32-13-31-17/h3-10,12H,11,13H2,1-2H3. The van der Waals surface area contributed by atoms with E-state index in [1.54, 1.807) is 11.4 Å². The van der Waals surface area contributed by atoms with Gasteiger partial charge in [0, 0.05) is 20.3 Å². The van der Waals surface area contributed by atoms with Crippen molar-refractivity contribution in [1.82, 2.24) is 23.1 Å². The van der Waals surface area contributed by atoms with Crippen molar-refractivity contribution in [2.24, 2.45) is 14.1 Å². The van der Waals surface area contributed by atoms with Gasteiger partial charge in [-0.25, -0.2) is 4.79 Å². The second kappa shape index (κ2) is 6.61. The van der Waals surface area contributed by atoms with Gasteiger partial charge in [0.2, 0.25) is 12.6 Å². The Morgan fingerprint density at radius 3 is 2.56 bits per heavy atom. The van der Waals surface area contributed by atoms with Gasteiger partial charge in [-0.2, -0.15) is 4.98 Å². The molecular weight excluding hydrogens is 410 g/mol. The van der Waals surface area contributed by atoms with Crippen LogP contribution in [0.3, 0.4) is 0 Å². The molecule has 1 aliphatic heterocycles. The number of ether oxygens (including phenoxy) is 2. The van der Waals surface area contributed by atoms with Crippen molar-refractivity contribution in [3.8, 4) is 22.8 Å². The maximum Gasteiger partial charge on any atom is 0.332 e. The molecule has 2 aromatic carbocycles. The lowest BCUT2D eigenvalue weighted by Gasteiger charge is -2.10. The monoisotopic (exact) mass is 429 g/mol. The molecule has 0 bridgehead atoms. The zero-order valence-corrected chi connectivity index (χ0v) is 17.5. The molecule has 32 heavy (non-hydrogen) atoms. The van der Waals surface area contributed by atoms with Crippen LogP contribution in [0.1, 0.15) is 5.56 Å². The third-order valence-electron chi connectivity index (χ3n) is 5.90. The van der Waals surface area contributed by atoms with Crippen LogP contribution in [0, 0.1) is 0 Å². The molecule has 3 aromatic heterocycles. The average molecular weight is 429 g/mol. The first-order valence-corrected chi connectivity index (χ1v) is 10.1. The lowest BCUT2D eigenvalue weighted by atomic mass is 10.1. The molecule has 160 valence electrons. The van der Waals surface area contributed by atoms with Crippen molar-refractivity contribution in [3.05, 3.63) is 81.1 Å². The molecule has 0 saturated carbocycles. The van der Waals surface area contributed by atoms with Crippen molar-refractivity contribution in [3.63, 3.8) is 0 Å². The third-order valence-corrected chi connectivity index (χ3v) is 5.90. The van der Waals surface area contributed by atoms with Gasteiger partial charge in [0.1, 0.15) is 0 Å². The molecule has 0 N–H and O–H groups in total. The van der Waals surface area contributed by atoms with Crippen LogP contribution in [0.4, 0.5) is 0 Å². The van der Waals surface area contributed by atoms with Crippen LogP contribution in [0.25, 0.3) is 28.2 Å². The fraction of sp³-hybridized carbons (Fsp3) is 0.174. The highest BCUT2D eigenvalue weighted by molar-refractivity contribution is 5.78. The average Bonchev–Trinajstić information content (AvgIpc) is 3.51. The number of benzene rings is 2. The van der Waals surface area contributed by atoms with Gasteiger partial charge in [0.05, 0.1) is 12.2 Å². The molecule has 0 amide bonds. The summed E-state index contributed by atoms with van der Waals surface area (Å²) in [6.45, 7) is 0.708. The van der Waals surface area contributed by atoms with Crippen LogP contribution >= 0.6 is 0 Å². The first-order chi connectivity index (χ1) is 15.5. The minimum Gasteiger partial charge on any atom is -0.454 e. The second-order valence-electron chi connectivity index (χ2n) is 7.81. The summed E-state index contributed by atoms with van der Waals surface area (Å²) in [5.74, 6) is 2.01. The minimum absolute atomic E-state index is 0.213. The minimum atomic E-state index is -0.408. The molecule has 0 spiro atoms. The van der Waals surface area contributed by atoms with Gasteiger partial charge in [-0.05, 0) is 23.3 Å². The van der Waals surface area contributed by atoms with E-state index in [9.17, 15) is 9.59 Å². The largest absolute Gasteiger partial charge is 0.454 e. The smallest absolute Gasteiger partial charge is 0.332 e. The highest BCUT2D eigenvalue weighted by atomic mass is 16.7. The first kappa shape index (κ1) is 18.5. The number of rotatable bonds is 3. The van der Waals surface area contributed by atoms with Gasteiger partial charge in [-0.15, -0.1) is 0 Å². The molecular formula is C23H19N5O4. The summed E-state index contributed by atoms with van der Waals surface area (Å²) in [4.78, 5) is 30.1. The summed E-state index contributed by atoms with van der Waals surface area (Å²) < 4.78 is 17.3. The van der Waals surface area contributed by atoms with Gasteiger partial charge in [0.15, 0.2) is 22.7 Å². The SMILES string of the molecule is Cn1c(=O)c2c(nc3n(Cc4ccc5c(c4)OCO5)c(-c4ccccc4)cn23)n(C)c1=O. The molecule has 1 aliphatic rings. The third kappa shape index (κ3) is 2.54. The summed E-state index contributed by atoms with van der Waals surface area (Å²) in [7, 11) is 3.10.